The van der Waals surface area contributed by atoms with Crippen molar-refractivity contribution >= 4 is 27.4 Å². The highest BCUT2D eigenvalue weighted by Crippen LogP contribution is 2.34. The van der Waals surface area contributed by atoms with Crippen LogP contribution in [-0.2, 0) is 0 Å². The predicted octanol–water partition coefficient (Wildman–Crippen LogP) is 2.73. The number of nitrogens with zero attached hydrogens (tertiary/aromatic N) is 3. The van der Waals surface area contributed by atoms with Crippen molar-refractivity contribution in [2.75, 3.05) is 11.9 Å². The van der Waals surface area contributed by atoms with Gasteiger partial charge in [-0.25, -0.2) is 9.97 Å². The van der Waals surface area contributed by atoms with Crippen LogP contribution >= 0.6 is 11.3 Å². The molecule has 2 aliphatic rings. The average molecular weight is 274 g/mol. The summed E-state index contributed by atoms with van der Waals surface area (Å²) in [5, 5.41) is 6.87. The van der Waals surface area contributed by atoms with Crippen LogP contribution in [0.2, 0.25) is 0 Å². The molecule has 0 radical (unpaired) electrons. The molecule has 1 aliphatic carbocycles. The average Bonchev–Trinajstić information content (AvgIpc) is 3.00. The summed E-state index contributed by atoms with van der Waals surface area (Å²) in [6.45, 7) is 3.50. The SMILES string of the molecule is CC1CC(Nc2ncnc3sccc23)CN1C1CC1. The topological polar surface area (TPSA) is 41.1 Å². The largest absolute Gasteiger partial charge is 0.365 e. The first-order valence-corrected chi connectivity index (χ1v) is 7.89. The van der Waals surface area contributed by atoms with E-state index in [1.165, 1.54) is 19.3 Å². The van der Waals surface area contributed by atoms with E-state index in [1.54, 1.807) is 17.7 Å². The first kappa shape index (κ1) is 11.6. The number of aromatic nitrogens is 2. The molecule has 4 nitrogen and oxygen atoms in total. The molecule has 0 aromatic carbocycles. The van der Waals surface area contributed by atoms with E-state index in [4.69, 9.17) is 0 Å². The van der Waals surface area contributed by atoms with Crippen molar-refractivity contribution in [1.29, 1.82) is 0 Å². The van der Waals surface area contributed by atoms with Gasteiger partial charge in [0.2, 0.25) is 0 Å². The zero-order valence-corrected chi connectivity index (χ0v) is 11.9. The molecule has 1 aliphatic heterocycles. The molecular formula is C14H18N4S. The molecule has 100 valence electrons. The van der Waals surface area contributed by atoms with Crippen LogP contribution in [0, 0.1) is 0 Å². The zero-order valence-electron chi connectivity index (χ0n) is 11.0. The van der Waals surface area contributed by atoms with E-state index in [1.807, 2.05) is 0 Å². The monoisotopic (exact) mass is 274 g/mol. The molecule has 2 unspecified atom stereocenters. The lowest BCUT2D eigenvalue weighted by Gasteiger charge is -2.19. The maximum Gasteiger partial charge on any atom is 0.138 e. The smallest absolute Gasteiger partial charge is 0.138 e. The summed E-state index contributed by atoms with van der Waals surface area (Å²) in [7, 11) is 0. The quantitative estimate of drug-likeness (QED) is 0.934. The van der Waals surface area contributed by atoms with Crippen LogP contribution in [0.3, 0.4) is 0 Å². The van der Waals surface area contributed by atoms with Crippen molar-refractivity contribution in [3.05, 3.63) is 17.8 Å². The summed E-state index contributed by atoms with van der Waals surface area (Å²) in [6, 6.07) is 4.19. The fourth-order valence-electron chi connectivity index (χ4n) is 3.17. The van der Waals surface area contributed by atoms with Crippen LogP contribution in [-0.4, -0.2) is 39.5 Å². The number of thiophene rings is 1. The van der Waals surface area contributed by atoms with Gasteiger partial charge in [0.1, 0.15) is 17.0 Å². The number of rotatable bonds is 3. The standard InChI is InChI=1S/C14H18N4S/c1-9-6-10(7-18(9)11-2-3-11)17-13-12-4-5-19-14(12)16-8-15-13/h4-5,8-11H,2-3,6-7H2,1H3,(H,15,16,17). The first-order chi connectivity index (χ1) is 9.31. The third-order valence-corrected chi connectivity index (χ3v) is 5.06. The molecule has 0 bridgehead atoms. The number of fused-ring (bicyclic) bond motifs is 1. The van der Waals surface area contributed by atoms with Gasteiger partial charge in [0.25, 0.3) is 0 Å². The van der Waals surface area contributed by atoms with Crippen molar-refractivity contribution in [1.82, 2.24) is 14.9 Å². The molecular weight excluding hydrogens is 256 g/mol. The highest BCUT2D eigenvalue weighted by atomic mass is 32.1. The van der Waals surface area contributed by atoms with Crippen molar-refractivity contribution in [3.63, 3.8) is 0 Å². The van der Waals surface area contributed by atoms with Gasteiger partial charge in [-0.3, -0.25) is 4.90 Å². The number of anilines is 1. The van der Waals surface area contributed by atoms with Gasteiger partial charge in [-0.15, -0.1) is 11.3 Å². The maximum absolute atomic E-state index is 4.42. The molecule has 5 heteroatoms. The molecule has 0 amide bonds. The normalized spacial score (nSPS) is 28.1. The third kappa shape index (κ3) is 2.11. The zero-order chi connectivity index (χ0) is 12.8. The Kier molecular flexibility index (Phi) is 2.70. The molecule has 1 saturated carbocycles. The Morgan fingerprint density at radius 2 is 2.26 bits per heavy atom. The Morgan fingerprint density at radius 1 is 1.37 bits per heavy atom. The Bertz CT molecular complexity index is 592. The van der Waals surface area contributed by atoms with Gasteiger partial charge in [-0.1, -0.05) is 0 Å². The Hall–Kier alpha value is -1.20. The minimum Gasteiger partial charge on any atom is -0.365 e. The lowest BCUT2D eigenvalue weighted by molar-refractivity contribution is 0.257. The highest BCUT2D eigenvalue weighted by molar-refractivity contribution is 7.16. The maximum atomic E-state index is 4.42. The lowest BCUT2D eigenvalue weighted by atomic mass is 10.2. The van der Waals surface area contributed by atoms with Crippen LogP contribution in [0.1, 0.15) is 26.2 Å². The molecule has 2 fully saturated rings. The second kappa shape index (κ2) is 4.42. The van der Waals surface area contributed by atoms with E-state index >= 15 is 0 Å². The van der Waals surface area contributed by atoms with Crippen molar-refractivity contribution in [2.45, 2.75) is 44.3 Å². The van der Waals surface area contributed by atoms with Crippen LogP contribution in [0.25, 0.3) is 10.2 Å². The van der Waals surface area contributed by atoms with Gasteiger partial charge in [-0.05, 0) is 37.6 Å². The van der Waals surface area contributed by atoms with Crippen molar-refractivity contribution < 1.29 is 0 Å². The molecule has 3 heterocycles. The van der Waals surface area contributed by atoms with Crippen LogP contribution in [0.15, 0.2) is 17.8 Å². The van der Waals surface area contributed by atoms with E-state index < -0.39 is 0 Å². The van der Waals surface area contributed by atoms with Gasteiger partial charge in [-0.2, -0.15) is 0 Å². The van der Waals surface area contributed by atoms with Crippen LogP contribution in [0.4, 0.5) is 5.82 Å². The summed E-state index contributed by atoms with van der Waals surface area (Å²) >= 11 is 1.67. The first-order valence-electron chi connectivity index (χ1n) is 7.02. The third-order valence-electron chi connectivity index (χ3n) is 4.24. The van der Waals surface area contributed by atoms with Crippen LogP contribution in [0.5, 0.6) is 0 Å². The van der Waals surface area contributed by atoms with Crippen molar-refractivity contribution in [3.8, 4) is 0 Å². The summed E-state index contributed by atoms with van der Waals surface area (Å²) in [6.07, 6.45) is 5.66. The molecule has 1 saturated heterocycles. The second-order valence-electron chi connectivity index (χ2n) is 5.72. The van der Waals surface area contributed by atoms with Gasteiger partial charge < -0.3 is 5.32 Å². The Labute approximate surface area is 116 Å². The van der Waals surface area contributed by atoms with Gasteiger partial charge >= 0.3 is 0 Å². The van der Waals surface area contributed by atoms with E-state index in [9.17, 15) is 0 Å². The molecule has 1 N–H and O–H groups in total. The summed E-state index contributed by atoms with van der Waals surface area (Å²) in [4.78, 5) is 12.4. The molecule has 2 aromatic heterocycles. The van der Waals surface area contributed by atoms with Gasteiger partial charge in [0.05, 0.1) is 5.39 Å². The number of hydrogen-bond donors (Lipinski definition) is 1. The summed E-state index contributed by atoms with van der Waals surface area (Å²) < 4.78 is 0. The Balaban J connectivity index is 1.54. The summed E-state index contributed by atoms with van der Waals surface area (Å²) in [5.41, 5.74) is 0. The fraction of sp³-hybridized carbons (Fsp3) is 0.571. The van der Waals surface area contributed by atoms with E-state index in [-0.39, 0.29) is 0 Å². The van der Waals surface area contributed by atoms with Crippen LogP contribution < -0.4 is 5.32 Å². The number of hydrogen-bond acceptors (Lipinski definition) is 5. The number of likely N-dealkylation sites (tertiary alicyclic amines) is 1. The van der Waals surface area contributed by atoms with E-state index in [2.05, 4.69) is 38.6 Å². The highest BCUT2D eigenvalue weighted by Gasteiger charge is 2.38. The lowest BCUT2D eigenvalue weighted by Crippen LogP contribution is -2.31. The van der Waals surface area contributed by atoms with E-state index in [0.717, 1.165) is 28.6 Å². The van der Waals surface area contributed by atoms with E-state index in [0.29, 0.717) is 12.1 Å². The molecule has 2 atom stereocenters. The molecule has 4 rings (SSSR count). The number of nitrogens with one attached hydrogen (secondary N) is 1. The summed E-state index contributed by atoms with van der Waals surface area (Å²) in [5.74, 6) is 1.00. The van der Waals surface area contributed by atoms with Gasteiger partial charge in [0, 0.05) is 24.7 Å². The minimum absolute atomic E-state index is 0.522. The second-order valence-corrected chi connectivity index (χ2v) is 6.61. The fourth-order valence-corrected chi connectivity index (χ4v) is 3.91. The predicted molar refractivity (Wildman–Crippen MR) is 78.6 cm³/mol. The molecule has 0 spiro atoms. The van der Waals surface area contributed by atoms with Gasteiger partial charge in [0.15, 0.2) is 0 Å². The molecule has 19 heavy (non-hydrogen) atoms. The molecule has 2 aromatic rings. The Morgan fingerprint density at radius 3 is 3.11 bits per heavy atom. The minimum atomic E-state index is 0.522. The van der Waals surface area contributed by atoms with Crippen molar-refractivity contribution in [2.24, 2.45) is 0 Å².